The van der Waals surface area contributed by atoms with Crippen molar-refractivity contribution in [3.63, 3.8) is 0 Å². The molecule has 6 aliphatic rings. The number of nitrogens with zero attached hydrogens (tertiary/aromatic N) is 2. The van der Waals surface area contributed by atoms with E-state index < -0.39 is 11.9 Å². The highest BCUT2D eigenvalue weighted by Crippen LogP contribution is 2.65. The van der Waals surface area contributed by atoms with E-state index in [1.807, 2.05) is 0 Å². The zero-order chi connectivity index (χ0) is 25.4. The largest absolute Gasteiger partial charge is 0.497 e. The lowest BCUT2D eigenvalue weighted by Crippen LogP contribution is -2.40. The molecule has 8 nitrogen and oxygen atoms in total. The first-order valence-corrected chi connectivity index (χ1v) is 12.8. The molecule has 0 aromatic heterocycles. The molecule has 188 valence electrons. The van der Waals surface area contributed by atoms with Crippen molar-refractivity contribution < 1.29 is 28.7 Å². The molecule has 8 rings (SSSR count). The Labute approximate surface area is 213 Å². The minimum Gasteiger partial charge on any atom is -0.497 e. The maximum Gasteiger partial charge on any atom is 0.316 e. The third-order valence-electron chi connectivity index (χ3n) is 8.78. The van der Waals surface area contributed by atoms with Gasteiger partial charge in [0.05, 0.1) is 30.6 Å². The minimum absolute atomic E-state index is 0.0420. The fourth-order valence-electron chi connectivity index (χ4n) is 6.99. The predicted octanol–water partition coefficient (Wildman–Crippen LogP) is 3.21. The van der Waals surface area contributed by atoms with Gasteiger partial charge < -0.3 is 14.4 Å². The Bertz CT molecular complexity index is 1350. The number of methoxy groups -OCH3 is 1. The standard InChI is InChI=1S/C29H26N2O6/c1-36-18-6-2-4-16(11-18)30-14-15(10-24(30)32)29(35)37-19-7-3-5-17(12-19)31-27(33)25-20-8-9-21(23-13-22(20)23)26(25)28(31)34/h2-9,11-12,15,20-23,25-26H,10,13-14H2,1H3/t15-,20-,21-,22-,23-,25+,26+/m1/s1. The van der Waals surface area contributed by atoms with Crippen LogP contribution in [0.2, 0.25) is 0 Å². The number of hydrogen-bond acceptors (Lipinski definition) is 6. The van der Waals surface area contributed by atoms with Crippen molar-refractivity contribution in [3.05, 3.63) is 60.7 Å². The molecule has 37 heavy (non-hydrogen) atoms. The van der Waals surface area contributed by atoms with E-state index in [2.05, 4.69) is 12.2 Å². The van der Waals surface area contributed by atoms with Gasteiger partial charge in [0, 0.05) is 30.8 Å². The molecule has 2 bridgehead atoms. The number of carbonyl (C=O) groups is 4. The van der Waals surface area contributed by atoms with Gasteiger partial charge in [0.25, 0.3) is 0 Å². The van der Waals surface area contributed by atoms with Crippen LogP contribution in [0.5, 0.6) is 11.5 Å². The van der Waals surface area contributed by atoms with Crippen molar-refractivity contribution in [2.75, 3.05) is 23.5 Å². The number of carbonyl (C=O) groups excluding carboxylic acids is 4. The lowest BCUT2D eigenvalue weighted by atomic mass is 9.63. The van der Waals surface area contributed by atoms with Gasteiger partial charge in [-0.3, -0.25) is 19.2 Å². The van der Waals surface area contributed by atoms with Crippen LogP contribution in [0.1, 0.15) is 12.8 Å². The van der Waals surface area contributed by atoms with E-state index in [9.17, 15) is 19.2 Å². The van der Waals surface area contributed by atoms with Crippen LogP contribution >= 0.6 is 0 Å². The summed E-state index contributed by atoms with van der Waals surface area (Å²) in [5, 5.41) is 0. The summed E-state index contributed by atoms with van der Waals surface area (Å²) in [5.41, 5.74) is 1.08. The number of imide groups is 1. The van der Waals surface area contributed by atoms with Gasteiger partial charge in [-0.15, -0.1) is 0 Å². The molecule has 2 saturated carbocycles. The number of allylic oxidation sites excluding steroid dienone is 2. The van der Waals surface area contributed by atoms with Crippen LogP contribution in [0.4, 0.5) is 11.4 Å². The zero-order valence-electron chi connectivity index (χ0n) is 20.3. The summed E-state index contributed by atoms with van der Waals surface area (Å²) in [6, 6.07) is 13.7. The van der Waals surface area contributed by atoms with E-state index in [-0.39, 0.29) is 60.1 Å². The summed E-state index contributed by atoms with van der Waals surface area (Å²) >= 11 is 0. The lowest BCUT2D eigenvalue weighted by Gasteiger charge is -2.37. The third-order valence-corrected chi connectivity index (χ3v) is 8.78. The van der Waals surface area contributed by atoms with Crippen molar-refractivity contribution in [3.8, 4) is 11.5 Å². The Morgan fingerprint density at radius 3 is 2.16 bits per heavy atom. The fourth-order valence-corrected chi connectivity index (χ4v) is 6.99. The van der Waals surface area contributed by atoms with E-state index in [1.54, 1.807) is 60.5 Å². The van der Waals surface area contributed by atoms with Crippen molar-refractivity contribution >= 4 is 35.1 Å². The summed E-state index contributed by atoms with van der Waals surface area (Å²) in [6.45, 7) is 0.203. The molecule has 3 amide bonds. The number of hydrogen-bond donors (Lipinski definition) is 0. The van der Waals surface area contributed by atoms with Crippen LogP contribution in [-0.4, -0.2) is 37.3 Å². The van der Waals surface area contributed by atoms with Gasteiger partial charge >= 0.3 is 5.97 Å². The highest BCUT2D eigenvalue weighted by Gasteiger charge is 2.67. The molecule has 0 N–H and O–H groups in total. The van der Waals surface area contributed by atoms with E-state index in [1.165, 1.54) is 4.90 Å². The quantitative estimate of drug-likeness (QED) is 0.272. The first-order chi connectivity index (χ1) is 17.9. The number of rotatable bonds is 5. The highest BCUT2D eigenvalue weighted by molar-refractivity contribution is 6.22. The minimum atomic E-state index is -0.631. The molecule has 0 radical (unpaired) electrons. The summed E-state index contributed by atoms with van der Waals surface area (Å²) < 4.78 is 10.9. The summed E-state index contributed by atoms with van der Waals surface area (Å²) in [7, 11) is 1.56. The fraction of sp³-hybridized carbons (Fsp3) is 0.379. The molecule has 0 unspecified atom stereocenters. The second-order valence-electron chi connectivity index (χ2n) is 10.7. The normalized spacial score (nSPS) is 33.0. The van der Waals surface area contributed by atoms with Gasteiger partial charge in [-0.2, -0.15) is 0 Å². The van der Waals surface area contributed by atoms with Gasteiger partial charge in [0.2, 0.25) is 17.7 Å². The number of ether oxygens (including phenoxy) is 2. The van der Waals surface area contributed by atoms with Crippen molar-refractivity contribution in [1.29, 1.82) is 0 Å². The van der Waals surface area contributed by atoms with Crippen LogP contribution in [0.3, 0.4) is 0 Å². The Morgan fingerprint density at radius 1 is 0.865 bits per heavy atom. The summed E-state index contributed by atoms with van der Waals surface area (Å²) in [4.78, 5) is 55.3. The number of amides is 3. The second-order valence-corrected chi connectivity index (χ2v) is 10.7. The van der Waals surface area contributed by atoms with Crippen LogP contribution in [0, 0.1) is 41.4 Å². The summed E-state index contributed by atoms with van der Waals surface area (Å²) in [5.74, 6) is 0.0301. The van der Waals surface area contributed by atoms with E-state index in [4.69, 9.17) is 9.47 Å². The van der Waals surface area contributed by atoms with Crippen molar-refractivity contribution in [2.45, 2.75) is 12.8 Å². The smallest absolute Gasteiger partial charge is 0.316 e. The molecular weight excluding hydrogens is 472 g/mol. The topological polar surface area (TPSA) is 93.2 Å². The Kier molecular flexibility index (Phi) is 4.83. The van der Waals surface area contributed by atoms with E-state index >= 15 is 0 Å². The molecule has 2 aliphatic heterocycles. The number of anilines is 2. The molecule has 7 atom stereocenters. The van der Waals surface area contributed by atoms with Gasteiger partial charge in [0.1, 0.15) is 11.5 Å². The van der Waals surface area contributed by atoms with E-state index in [0.29, 0.717) is 29.0 Å². The molecule has 2 saturated heterocycles. The predicted molar refractivity (Wildman–Crippen MR) is 133 cm³/mol. The van der Waals surface area contributed by atoms with Crippen LogP contribution in [0.25, 0.3) is 0 Å². The lowest BCUT2D eigenvalue weighted by molar-refractivity contribution is -0.139. The van der Waals surface area contributed by atoms with E-state index in [0.717, 1.165) is 6.42 Å². The molecule has 2 aromatic carbocycles. The Hall–Kier alpha value is -3.94. The highest BCUT2D eigenvalue weighted by atomic mass is 16.5. The number of esters is 1. The van der Waals surface area contributed by atoms with Crippen molar-refractivity contribution in [1.82, 2.24) is 0 Å². The first-order valence-electron chi connectivity index (χ1n) is 12.8. The molecular formula is C29H26N2O6. The Balaban J connectivity index is 1.07. The maximum atomic E-state index is 13.4. The van der Waals surface area contributed by atoms with Gasteiger partial charge in [-0.05, 0) is 54.4 Å². The maximum absolute atomic E-state index is 13.4. The van der Waals surface area contributed by atoms with Gasteiger partial charge in [-0.1, -0.05) is 24.3 Å². The first kappa shape index (κ1) is 22.3. The SMILES string of the molecule is COc1cccc(N2C[C@H](C(=O)Oc3cccc(N4C(=O)[C@H]5[C@@H]6C=C[C@H]([C@H]7C[C@H]67)[C@@H]5C4=O)c3)CC2=O)c1. The Morgan fingerprint density at radius 2 is 1.49 bits per heavy atom. The monoisotopic (exact) mass is 498 g/mol. The third kappa shape index (κ3) is 3.35. The summed E-state index contributed by atoms with van der Waals surface area (Å²) in [6.07, 6.45) is 5.44. The van der Waals surface area contributed by atoms with Gasteiger partial charge in [-0.25, -0.2) is 4.90 Å². The van der Waals surface area contributed by atoms with Crippen molar-refractivity contribution in [2.24, 2.45) is 41.4 Å². The van der Waals surface area contributed by atoms with Crippen LogP contribution < -0.4 is 19.3 Å². The second kappa shape index (κ2) is 8.03. The van der Waals surface area contributed by atoms with Gasteiger partial charge in [0.15, 0.2) is 0 Å². The average molecular weight is 499 g/mol. The average Bonchev–Trinajstić information content (AvgIpc) is 3.58. The molecule has 4 fully saturated rings. The number of benzene rings is 2. The van der Waals surface area contributed by atoms with Crippen LogP contribution in [-0.2, 0) is 19.2 Å². The molecule has 2 heterocycles. The molecule has 8 heteroatoms. The molecule has 4 aliphatic carbocycles. The van der Waals surface area contributed by atoms with Crippen LogP contribution in [0.15, 0.2) is 60.7 Å². The zero-order valence-corrected chi connectivity index (χ0v) is 20.3. The molecule has 0 spiro atoms. The molecule has 2 aromatic rings.